The largest absolute Gasteiger partial charge is 0.407 e. The van der Waals surface area contributed by atoms with E-state index in [-0.39, 0.29) is 11.0 Å². The fraction of sp³-hybridized carbons (Fsp3) is 0.250. The number of fused-ring (bicyclic) bond motifs is 1. The predicted molar refractivity (Wildman–Crippen MR) is 51.8 cm³/mol. The first kappa shape index (κ1) is 9.85. The van der Waals surface area contributed by atoms with Crippen LogP contribution in [0.15, 0.2) is 6.07 Å². The van der Waals surface area contributed by atoms with E-state index in [1.165, 1.54) is 17.5 Å². The first-order valence-corrected chi connectivity index (χ1v) is 4.52. The van der Waals surface area contributed by atoms with Crippen LogP contribution < -0.4 is 4.74 Å². The van der Waals surface area contributed by atoms with Crippen LogP contribution in [0.1, 0.15) is 12.7 Å². The Labute approximate surface area is 89.9 Å². The lowest BCUT2D eigenvalue weighted by Crippen LogP contribution is -2.04. The Bertz CT molecular complexity index is 537. The molecule has 2 rings (SSSR count). The van der Waals surface area contributed by atoms with Gasteiger partial charge in [0, 0.05) is 13.0 Å². The number of rotatable bonds is 1. The highest BCUT2D eigenvalue weighted by molar-refractivity contribution is 6.29. The molecule has 0 amide bonds. The highest BCUT2D eigenvalue weighted by atomic mass is 35.5. The monoisotopic (exact) mass is 226 g/mol. The molecule has 15 heavy (non-hydrogen) atoms. The second-order valence-corrected chi connectivity index (χ2v) is 3.27. The summed E-state index contributed by atoms with van der Waals surface area (Å²) in [5.74, 6) is 0.507. The van der Waals surface area contributed by atoms with Gasteiger partial charge in [0.2, 0.25) is 5.88 Å². The van der Waals surface area contributed by atoms with Crippen LogP contribution in [0.2, 0.25) is 5.15 Å². The molecule has 0 aromatic carbocycles. The van der Waals surface area contributed by atoms with Gasteiger partial charge in [0.15, 0.2) is 0 Å². The lowest BCUT2D eigenvalue weighted by atomic mass is 10.6. The Balaban J connectivity index is 2.56. The van der Waals surface area contributed by atoms with Gasteiger partial charge in [0.05, 0.1) is 0 Å². The lowest BCUT2D eigenvalue weighted by molar-refractivity contribution is -0.132. The summed E-state index contributed by atoms with van der Waals surface area (Å²) in [4.78, 5) is 18.7. The Morgan fingerprint density at radius 1 is 1.53 bits per heavy atom. The molecule has 0 atom stereocenters. The van der Waals surface area contributed by atoms with Crippen molar-refractivity contribution in [2.75, 3.05) is 0 Å². The summed E-state index contributed by atoms with van der Waals surface area (Å²) in [6.45, 7) is 3.01. The molecule has 7 heteroatoms. The zero-order valence-electron chi connectivity index (χ0n) is 8.06. The van der Waals surface area contributed by atoms with Crippen LogP contribution in [0.4, 0.5) is 0 Å². The number of hydrogen-bond donors (Lipinski definition) is 0. The summed E-state index contributed by atoms with van der Waals surface area (Å²) in [7, 11) is 0. The fourth-order valence-electron chi connectivity index (χ4n) is 1.11. The molecule has 0 saturated carbocycles. The number of halogens is 1. The van der Waals surface area contributed by atoms with Crippen molar-refractivity contribution in [1.82, 2.24) is 19.6 Å². The number of carbonyl (C=O) groups excluding carboxylic acids is 1. The molecule has 0 unspecified atom stereocenters. The maximum Gasteiger partial charge on any atom is 0.309 e. The van der Waals surface area contributed by atoms with Crippen LogP contribution in [0.3, 0.4) is 0 Å². The van der Waals surface area contributed by atoms with Gasteiger partial charge < -0.3 is 4.74 Å². The highest BCUT2D eigenvalue weighted by Crippen LogP contribution is 2.16. The van der Waals surface area contributed by atoms with Crippen molar-refractivity contribution in [1.29, 1.82) is 0 Å². The van der Waals surface area contributed by atoms with Gasteiger partial charge in [-0.05, 0) is 6.92 Å². The molecule has 0 bridgehead atoms. The quantitative estimate of drug-likeness (QED) is 0.536. The molecule has 0 aliphatic carbocycles. The minimum Gasteiger partial charge on any atom is -0.407 e. The topological polar surface area (TPSA) is 69.4 Å². The van der Waals surface area contributed by atoms with Gasteiger partial charge in [-0.25, -0.2) is 0 Å². The molecule has 6 nitrogen and oxygen atoms in total. The fourth-order valence-corrected chi connectivity index (χ4v) is 1.32. The molecule has 0 saturated heterocycles. The Morgan fingerprint density at radius 2 is 2.27 bits per heavy atom. The van der Waals surface area contributed by atoms with Crippen LogP contribution in [-0.2, 0) is 4.79 Å². The zero-order valence-corrected chi connectivity index (χ0v) is 8.82. The van der Waals surface area contributed by atoms with Gasteiger partial charge in [0.1, 0.15) is 11.0 Å². The van der Waals surface area contributed by atoms with Crippen molar-refractivity contribution in [3.8, 4) is 5.88 Å². The number of nitrogens with zero attached hydrogens (tertiary/aromatic N) is 4. The van der Waals surface area contributed by atoms with E-state index in [4.69, 9.17) is 16.3 Å². The van der Waals surface area contributed by atoms with Crippen LogP contribution in [0.25, 0.3) is 5.78 Å². The van der Waals surface area contributed by atoms with E-state index < -0.39 is 5.97 Å². The first-order chi connectivity index (χ1) is 7.06. The van der Waals surface area contributed by atoms with E-state index in [2.05, 4.69) is 15.1 Å². The Hall–Kier alpha value is -1.69. The summed E-state index contributed by atoms with van der Waals surface area (Å²) in [6.07, 6.45) is 0. The average molecular weight is 227 g/mol. The minimum atomic E-state index is -0.459. The normalized spacial score (nSPS) is 10.6. The number of hydrogen-bond acceptors (Lipinski definition) is 5. The molecule has 0 radical (unpaired) electrons. The molecule has 0 N–H and O–H groups in total. The van der Waals surface area contributed by atoms with Crippen LogP contribution in [-0.4, -0.2) is 25.6 Å². The summed E-state index contributed by atoms with van der Waals surface area (Å²) in [6, 6.07) is 1.41. The van der Waals surface area contributed by atoms with Gasteiger partial charge in [-0.2, -0.15) is 14.5 Å². The molecule has 2 heterocycles. The summed E-state index contributed by atoms with van der Waals surface area (Å²) in [5.41, 5.74) is 0. The standard InChI is InChI=1S/C8H7ClN4O2/c1-4-10-8-11-7(15-5(2)14)3-6(9)13(8)12-4/h3H,1-2H3. The number of carbonyl (C=O) groups is 1. The van der Waals surface area contributed by atoms with E-state index in [0.29, 0.717) is 11.6 Å². The molecule has 2 aromatic rings. The Morgan fingerprint density at radius 3 is 2.93 bits per heavy atom. The van der Waals surface area contributed by atoms with Gasteiger partial charge >= 0.3 is 5.97 Å². The number of esters is 1. The molecule has 78 valence electrons. The minimum absolute atomic E-state index is 0.118. The summed E-state index contributed by atoms with van der Waals surface area (Å²) < 4.78 is 6.16. The van der Waals surface area contributed by atoms with E-state index in [1.54, 1.807) is 6.92 Å². The van der Waals surface area contributed by atoms with Crippen LogP contribution >= 0.6 is 11.6 Å². The van der Waals surface area contributed by atoms with Crippen molar-refractivity contribution in [3.63, 3.8) is 0 Å². The van der Waals surface area contributed by atoms with Gasteiger partial charge in [-0.15, -0.1) is 5.10 Å². The Kier molecular flexibility index (Phi) is 2.28. The molecule has 0 aliphatic rings. The average Bonchev–Trinajstić information content (AvgIpc) is 2.44. The maximum absolute atomic E-state index is 10.7. The third-order valence-corrected chi connectivity index (χ3v) is 1.87. The van der Waals surface area contributed by atoms with E-state index >= 15 is 0 Å². The van der Waals surface area contributed by atoms with E-state index in [9.17, 15) is 4.79 Å². The van der Waals surface area contributed by atoms with Gasteiger partial charge in [-0.1, -0.05) is 11.6 Å². The van der Waals surface area contributed by atoms with Crippen molar-refractivity contribution >= 4 is 23.3 Å². The third-order valence-electron chi connectivity index (χ3n) is 1.60. The molecule has 0 aliphatic heterocycles. The number of aryl methyl sites for hydroxylation is 1. The summed E-state index contributed by atoms with van der Waals surface area (Å²) >= 11 is 5.89. The number of ether oxygens (including phenoxy) is 1. The van der Waals surface area contributed by atoms with Crippen molar-refractivity contribution in [2.24, 2.45) is 0 Å². The van der Waals surface area contributed by atoms with Crippen molar-refractivity contribution in [2.45, 2.75) is 13.8 Å². The lowest BCUT2D eigenvalue weighted by Gasteiger charge is -2.00. The highest BCUT2D eigenvalue weighted by Gasteiger charge is 2.09. The SMILES string of the molecule is CC(=O)Oc1cc(Cl)n2nc(C)nc2n1. The predicted octanol–water partition coefficient (Wildman–Crippen LogP) is 1.01. The second kappa shape index (κ2) is 3.47. The molecule has 0 spiro atoms. The van der Waals surface area contributed by atoms with E-state index in [0.717, 1.165) is 0 Å². The molecule has 0 fully saturated rings. The second-order valence-electron chi connectivity index (χ2n) is 2.88. The van der Waals surface area contributed by atoms with Gasteiger partial charge in [-0.3, -0.25) is 4.79 Å². The molecular weight excluding hydrogens is 220 g/mol. The van der Waals surface area contributed by atoms with Crippen LogP contribution in [0, 0.1) is 6.92 Å². The summed E-state index contributed by atoms with van der Waals surface area (Å²) in [5, 5.41) is 4.29. The van der Waals surface area contributed by atoms with Crippen molar-refractivity contribution < 1.29 is 9.53 Å². The third kappa shape index (κ3) is 1.89. The molecular formula is C8H7ClN4O2. The number of aromatic nitrogens is 4. The van der Waals surface area contributed by atoms with Crippen molar-refractivity contribution in [3.05, 3.63) is 17.0 Å². The maximum atomic E-state index is 10.7. The zero-order chi connectivity index (χ0) is 11.0. The first-order valence-electron chi connectivity index (χ1n) is 4.14. The molecule has 2 aromatic heterocycles. The smallest absolute Gasteiger partial charge is 0.309 e. The van der Waals surface area contributed by atoms with Gasteiger partial charge in [0.25, 0.3) is 5.78 Å². The van der Waals surface area contributed by atoms with E-state index in [1.807, 2.05) is 0 Å². The van der Waals surface area contributed by atoms with Crippen LogP contribution in [0.5, 0.6) is 5.88 Å².